The van der Waals surface area contributed by atoms with Crippen molar-refractivity contribution in [3.63, 3.8) is 0 Å². The van der Waals surface area contributed by atoms with Gasteiger partial charge in [0.15, 0.2) is 5.13 Å². The number of unbranched alkanes of at least 4 members (excludes halogenated alkanes) is 1. The average molecular weight is 354 g/mol. The summed E-state index contributed by atoms with van der Waals surface area (Å²) >= 11 is 1.54. The fraction of sp³-hybridized carbons (Fsp3) is 0.300. The first-order chi connectivity index (χ1) is 12.2. The minimum absolute atomic E-state index is 0.0741. The number of fused-ring (bicyclic) bond motifs is 1. The predicted molar refractivity (Wildman–Crippen MR) is 104 cm³/mol. The molecule has 0 aliphatic carbocycles. The van der Waals surface area contributed by atoms with E-state index in [9.17, 15) is 4.79 Å². The molecule has 0 saturated heterocycles. The van der Waals surface area contributed by atoms with E-state index in [1.165, 1.54) is 11.3 Å². The Morgan fingerprint density at radius 1 is 1.12 bits per heavy atom. The minimum Gasteiger partial charge on any atom is -0.494 e. The Balaban J connectivity index is 1.98. The zero-order valence-corrected chi connectivity index (χ0v) is 15.4. The zero-order valence-electron chi connectivity index (χ0n) is 14.6. The molecule has 1 amide bonds. The molecule has 0 fully saturated rings. The average Bonchev–Trinajstić information content (AvgIpc) is 3.05. The Morgan fingerprint density at radius 3 is 2.56 bits per heavy atom. The quantitative estimate of drug-likeness (QED) is 0.558. The van der Waals surface area contributed by atoms with Crippen molar-refractivity contribution in [2.45, 2.75) is 33.1 Å². The number of ether oxygens (including phenoxy) is 1. The van der Waals surface area contributed by atoms with Gasteiger partial charge in [0, 0.05) is 6.42 Å². The number of rotatable bonds is 7. The molecule has 0 aliphatic heterocycles. The number of hydrogen-bond donors (Lipinski definition) is 0. The summed E-state index contributed by atoms with van der Waals surface area (Å²) in [6.45, 7) is 4.66. The van der Waals surface area contributed by atoms with Crippen LogP contribution < -0.4 is 9.64 Å². The van der Waals surface area contributed by atoms with Crippen LogP contribution in [-0.2, 0) is 4.79 Å². The Kier molecular flexibility index (Phi) is 5.66. The molecule has 1 heterocycles. The van der Waals surface area contributed by atoms with E-state index in [1.54, 1.807) is 4.90 Å². The number of benzene rings is 2. The van der Waals surface area contributed by atoms with E-state index >= 15 is 0 Å². The minimum atomic E-state index is 0.0741. The molecule has 3 aromatic rings. The highest BCUT2D eigenvalue weighted by molar-refractivity contribution is 7.22. The summed E-state index contributed by atoms with van der Waals surface area (Å²) in [6, 6.07) is 15.6. The van der Waals surface area contributed by atoms with Crippen molar-refractivity contribution in [3.05, 3.63) is 48.5 Å². The van der Waals surface area contributed by atoms with Crippen LogP contribution >= 0.6 is 11.3 Å². The van der Waals surface area contributed by atoms with Crippen LogP contribution in [0.3, 0.4) is 0 Å². The molecule has 0 N–H and O–H groups in total. The van der Waals surface area contributed by atoms with Crippen LogP contribution in [-0.4, -0.2) is 17.5 Å². The maximum Gasteiger partial charge on any atom is 0.233 e. The van der Waals surface area contributed by atoms with E-state index in [0.29, 0.717) is 18.2 Å². The third-order valence-corrected chi connectivity index (χ3v) is 4.89. The smallest absolute Gasteiger partial charge is 0.233 e. The van der Waals surface area contributed by atoms with Crippen LogP contribution in [0.15, 0.2) is 48.5 Å². The molecule has 1 aromatic heterocycles. The highest BCUT2D eigenvalue weighted by atomic mass is 32.1. The largest absolute Gasteiger partial charge is 0.494 e. The second-order valence-electron chi connectivity index (χ2n) is 5.72. The van der Waals surface area contributed by atoms with Crippen molar-refractivity contribution in [1.82, 2.24) is 4.98 Å². The van der Waals surface area contributed by atoms with Gasteiger partial charge in [0.2, 0.25) is 5.91 Å². The maximum atomic E-state index is 12.9. The van der Waals surface area contributed by atoms with Gasteiger partial charge in [-0.25, -0.2) is 4.98 Å². The molecule has 2 aromatic carbocycles. The maximum absolute atomic E-state index is 12.9. The zero-order chi connectivity index (χ0) is 17.6. The summed E-state index contributed by atoms with van der Waals surface area (Å²) in [4.78, 5) is 19.3. The number of hydrogen-bond acceptors (Lipinski definition) is 4. The molecular formula is C20H22N2O2S. The van der Waals surface area contributed by atoms with Gasteiger partial charge >= 0.3 is 0 Å². The number of amides is 1. The monoisotopic (exact) mass is 354 g/mol. The SMILES string of the molecule is CCCCC(=O)N(c1ccc(OCC)cc1)c1nc2ccccc2s1. The second-order valence-corrected chi connectivity index (χ2v) is 6.73. The van der Waals surface area contributed by atoms with Gasteiger partial charge in [-0.1, -0.05) is 36.8 Å². The van der Waals surface area contributed by atoms with Crippen LogP contribution in [0, 0.1) is 0 Å². The van der Waals surface area contributed by atoms with Gasteiger partial charge in [-0.2, -0.15) is 0 Å². The van der Waals surface area contributed by atoms with Crippen molar-refractivity contribution < 1.29 is 9.53 Å². The predicted octanol–water partition coefficient (Wildman–Crippen LogP) is 5.55. The van der Waals surface area contributed by atoms with E-state index in [0.717, 1.165) is 34.5 Å². The molecule has 25 heavy (non-hydrogen) atoms. The van der Waals surface area contributed by atoms with Crippen LogP contribution in [0.2, 0.25) is 0 Å². The molecule has 0 radical (unpaired) electrons. The molecular weight excluding hydrogens is 332 g/mol. The summed E-state index contributed by atoms with van der Waals surface area (Å²) < 4.78 is 6.58. The second kappa shape index (κ2) is 8.12. The number of para-hydroxylation sites is 1. The van der Waals surface area contributed by atoms with Crippen molar-refractivity contribution in [2.24, 2.45) is 0 Å². The van der Waals surface area contributed by atoms with Gasteiger partial charge in [-0.05, 0) is 49.7 Å². The number of carbonyl (C=O) groups is 1. The summed E-state index contributed by atoms with van der Waals surface area (Å²) in [5.41, 5.74) is 1.74. The summed E-state index contributed by atoms with van der Waals surface area (Å²) in [6.07, 6.45) is 2.37. The number of carbonyl (C=O) groups excluding carboxylic acids is 1. The Labute approximate surface area is 152 Å². The van der Waals surface area contributed by atoms with Crippen molar-refractivity contribution >= 4 is 38.3 Å². The molecule has 0 aliphatic rings. The topological polar surface area (TPSA) is 42.4 Å². The first kappa shape index (κ1) is 17.4. The van der Waals surface area contributed by atoms with Gasteiger partial charge in [-0.15, -0.1) is 0 Å². The van der Waals surface area contributed by atoms with Crippen molar-refractivity contribution in [1.29, 1.82) is 0 Å². The lowest BCUT2D eigenvalue weighted by Gasteiger charge is -2.20. The first-order valence-corrected chi connectivity index (χ1v) is 9.46. The highest BCUT2D eigenvalue weighted by Gasteiger charge is 2.21. The van der Waals surface area contributed by atoms with Crippen LogP contribution in [0.1, 0.15) is 33.1 Å². The lowest BCUT2D eigenvalue weighted by molar-refractivity contribution is -0.118. The number of aromatic nitrogens is 1. The molecule has 5 heteroatoms. The van der Waals surface area contributed by atoms with E-state index < -0.39 is 0 Å². The van der Waals surface area contributed by atoms with Gasteiger partial charge in [0.1, 0.15) is 5.75 Å². The molecule has 0 saturated carbocycles. The van der Waals surface area contributed by atoms with Crippen molar-refractivity contribution in [2.75, 3.05) is 11.5 Å². The molecule has 0 atom stereocenters. The molecule has 0 bridgehead atoms. The third-order valence-electron chi connectivity index (χ3n) is 3.87. The molecule has 0 unspecified atom stereocenters. The Hall–Kier alpha value is -2.40. The molecule has 130 valence electrons. The van der Waals surface area contributed by atoms with Gasteiger partial charge < -0.3 is 4.74 Å². The molecule has 4 nitrogen and oxygen atoms in total. The van der Waals surface area contributed by atoms with Gasteiger partial charge in [-0.3, -0.25) is 9.69 Å². The first-order valence-electron chi connectivity index (χ1n) is 8.64. The molecule has 0 spiro atoms. The standard InChI is InChI=1S/C20H22N2O2S/c1-3-5-10-19(23)22(15-11-13-16(14-12-15)24-4-2)20-21-17-8-6-7-9-18(17)25-20/h6-9,11-14H,3-5,10H2,1-2H3. The van der Waals surface area contributed by atoms with E-state index in [4.69, 9.17) is 4.74 Å². The Bertz CT molecular complexity index is 809. The number of anilines is 2. The van der Waals surface area contributed by atoms with E-state index in [2.05, 4.69) is 11.9 Å². The van der Waals surface area contributed by atoms with Crippen LogP contribution in [0.4, 0.5) is 10.8 Å². The number of nitrogens with zero attached hydrogens (tertiary/aromatic N) is 2. The molecule has 3 rings (SSSR count). The van der Waals surface area contributed by atoms with Crippen molar-refractivity contribution in [3.8, 4) is 5.75 Å². The van der Waals surface area contributed by atoms with Gasteiger partial charge in [0.25, 0.3) is 0 Å². The van der Waals surface area contributed by atoms with Crippen LogP contribution in [0.25, 0.3) is 10.2 Å². The summed E-state index contributed by atoms with van der Waals surface area (Å²) in [5, 5.41) is 0.714. The summed E-state index contributed by atoms with van der Waals surface area (Å²) in [5.74, 6) is 0.876. The van der Waals surface area contributed by atoms with Gasteiger partial charge in [0.05, 0.1) is 22.5 Å². The Morgan fingerprint density at radius 2 is 1.88 bits per heavy atom. The summed E-state index contributed by atoms with van der Waals surface area (Å²) in [7, 11) is 0. The third kappa shape index (κ3) is 3.99. The van der Waals surface area contributed by atoms with E-state index in [-0.39, 0.29) is 5.91 Å². The van der Waals surface area contributed by atoms with E-state index in [1.807, 2.05) is 55.5 Å². The fourth-order valence-electron chi connectivity index (χ4n) is 2.61. The lowest BCUT2D eigenvalue weighted by Crippen LogP contribution is -2.25. The fourth-order valence-corrected chi connectivity index (χ4v) is 3.62. The normalized spacial score (nSPS) is 10.8. The lowest BCUT2D eigenvalue weighted by atomic mass is 10.2. The van der Waals surface area contributed by atoms with Crippen LogP contribution in [0.5, 0.6) is 5.75 Å². The number of thiazole rings is 1. The highest BCUT2D eigenvalue weighted by Crippen LogP contribution is 2.34.